The number of benzene rings is 1. The van der Waals surface area contributed by atoms with Gasteiger partial charge in [0.15, 0.2) is 17.5 Å². The Kier molecular flexibility index (Phi) is 2.49. The second kappa shape index (κ2) is 3.81. The van der Waals surface area contributed by atoms with Gasteiger partial charge in [-0.25, -0.2) is 19.0 Å². The van der Waals surface area contributed by atoms with Gasteiger partial charge in [-0.05, 0) is 12.1 Å². The zero-order chi connectivity index (χ0) is 11.7. The van der Waals surface area contributed by atoms with Crippen molar-refractivity contribution in [1.82, 2.24) is 10.1 Å². The fourth-order valence-corrected chi connectivity index (χ4v) is 1.08. The monoisotopic (exact) mass is 230 g/mol. The van der Waals surface area contributed by atoms with Crippen molar-refractivity contribution in [3.8, 4) is 11.4 Å². The third kappa shape index (κ3) is 1.70. The van der Waals surface area contributed by atoms with Gasteiger partial charge in [0, 0.05) is 5.56 Å². The minimum Gasteiger partial charge on any atom is -0.314 e. The number of nitrogens with one attached hydrogen (secondary N) is 1. The molecule has 0 radical (unpaired) electrons. The normalized spacial score (nSPS) is 10.5. The molecule has 1 heterocycles. The first-order valence-electron chi connectivity index (χ1n) is 4.07. The molecule has 1 aromatic carbocycles. The highest BCUT2D eigenvalue weighted by Crippen LogP contribution is 2.22. The Morgan fingerprint density at radius 3 is 2.31 bits per heavy atom. The van der Waals surface area contributed by atoms with E-state index in [2.05, 4.69) is 20.1 Å². The fourth-order valence-electron chi connectivity index (χ4n) is 1.08. The SMILES string of the molecule is NNc1nc(-c2cc(F)c(F)c(F)c2)no1. The summed E-state index contributed by atoms with van der Waals surface area (Å²) in [5, 5.41) is 3.38. The second-order valence-electron chi connectivity index (χ2n) is 2.82. The molecule has 0 saturated carbocycles. The van der Waals surface area contributed by atoms with Crippen LogP contribution in [0.5, 0.6) is 0 Å². The van der Waals surface area contributed by atoms with E-state index < -0.39 is 17.5 Å². The molecule has 0 atom stereocenters. The Labute approximate surface area is 87.0 Å². The predicted molar refractivity (Wildman–Crippen MR) is 47.4 cm³/mol. The van der Waals surface area contributed by atoms with Gasteiger partial charge in [-0.1, -0.05) is 5.16 Å². The molecule has 84 valence electrons. The zero-order valence-corrected chi connectivity index (χ0v) is 7.67. The van der Waals surface area contributed by atoms with Gasteiger partial charge in [-0.15, -0.1) is 0 Å². The van der Waals surface area contributed by atoms with Crippen molar-refractivity contribution in [2.24, 2.45) is 5.84 Å². The van der Waals surface area contributed by atoms with Crippen LogP contribution in [0.4, 0.5) is 19.2 Å². The topological polar surface area (TPSA) is 77.0 Å². The third-order valence-corrected chi connectivity index (χ3v) is 1.79. The van der Waals surface area contributed by atoms with Crippen LogP contribution in [0, 0.1) is 17.5 Å². The highest BCUT2D eigenvalue weighted by Gasteiger charge is 2.15. The van der Waals surface area contributed by atoms with E-state index in [0.29, 0.717) is 0 Å². The molecule has 0 bridgehead atoms. The Morgan fingerprint density at radius 1 is 1.19 bits per heavy atom. The van der Waals surface area contributed by atoms with Gasteiger partial charge in [-0.2, -0.15) is 4.98 Å². The summed E-state index contributed by atoms with van der Waals surface area (Å²) in [6.45, 7) is 0. The number of halogens is 3. The number of aromatic nitrogens is 2. The number of nitrogens with zero attached hydrogens (tertiary/aromatic N) is 2. The second-order valence-corrected chi connectivity index (χ2v) is 2.82. The van der Waals surface area contributed by atoms with E-state index in [9.17, 15) is 13.2 Å². The molecular formula is C8H5F3N4O. The summed E-state index contributed by atoms with van der Waals surface area (Å²) in [5.74, 6) is 0.651. The highest BCUT2D eigenvalue weighted by molar-refractivity contribution is 5.55. The number of hydrogen-bond donors (Lipinski definition) is 2. The lowest BCUT2D eigenvalue weighted by Gasteiger charge is -1.97. The molecule has 8 heteroatoms. The lowest BCUT2D eigenvalue weighted by Crippen LogP contribution is -2.06. The van der Waals surface area contributed by atoms with Crippen LogP contribution in [-0.4, -0.2) is 10.1 Å². The Hall–Kier alpha value is -2.09. The van der Waals surface area contributed by atoms with E-state index >= 15 is 0 Å². The summed E-state index contributed by atoms with van der Waals surface area (Å²) in [6, 6.07) is 1.38. The molecule has 2 aromatic rings. The molecule has 0 fully saturated rings. The summed E-state index contributed by atoms with van der Waals surface area (Å²) in [6.07, 6.45) is 0. The average molecular weight is 230 g/mol. The largest absolute Gasteiger partial charge is 0.335 e. The van der Waals surface area contributed by atoms with E-state index in [0.717, 1.165) is 12.1 Å². The first-order chi connectivity index (χ1) is 7.61. The molecule has 5 nitrogen and oxygen atoms in total. The quantitative estimate of drug-likeness (QED) is 0.463. The Balaban J connectivity index is 2.48. The van der Waals surface area contributed by atoms with E-state index in [1.165, 1.54) is 0 Å². The number of anilines is 1. The van der Waals surface area contributed by atoms with E-state index in [1.54, 1.807) is 0 Å². The molecule has 0 spiro atoms. The molecule has 0 amide bonds. The molecule has 1 aromatic heterocycles. The minimum absolute atomic E-state index is 0.0540. The molecule has 0 aliphatic rings. The molecule has 3 N–H and O–H groups in total. The maximum Gasteiger partial charge on any atom is 0.335 e. The van der Waals surface area contributed by atoms with Crippen molar-refractivity contribution >= 4 is 6.01 Å². The standard InChI is InChI=1S/C8H5F3N4O/c9-4-1-3(2-5(10)6(4)11)7-13-8(14-12)16-15-7/h1-2H,12H2,(H,13,14,15). The predicted octanol–water partition coefficient (Wildman–Crippen LogP) is 1.44. The van der Waals surface area contributed by atoms with Crippen molar-refractivity contribution in [1.29, 1.82) is 0 Å². The first kappa shape index (κ1) is 10.4. The van der Waals surface area contributed by atoms with E-state index in [-0.39, 0.29) is 17.4 Å². The van der Waals surface area contributed by atoms with Crippen molar-refractivity contribution in [2.45, 2.75) is 0 Å². The lowest BCUT2D eigenvalue weighted by atomic mass is 10.2. The molecular weight excluding hydrogens is 225 g/mol. The van der Waals surface area contributed by atoms with Gasteiger partial charge < -0.3 is 4.52 Å². The zero-order valence-electron chi connectivity index (χ0n) is 7.67. The van der Waals surface area contributed by atoms with Crippen molar-refractivity contribution in [2.75, 3.05) is 5.43 Å². The number of rotatable bonds is 2. The van der Waals surface area contributed by atoms with Crippen LogP contribution in [0.25, 0.3) is 11.4 Å². The van der Waals surface area contributed by atoms with Crippen molar-refractivity contribution in [3.05, 3.63) is 29.6 Å². The summed E-state index contributed by atoms with van der Waals surface area (Å²) in [4.78, 5) is 3.64. The van der Waals surface area contributed by atoms with Gasteiger partial charge in [0.05, 0.1) is 0 Å². The fraction of sp³-hybridized carbons (Fsp3) is 0. The van der Waals surface area contributed by atoms with Gasteiger partial charge in [0.25, 0.3) is 0 Å². The van der Waals surface area contributed by atoms with Gasteiger partial charge in [-0.3, -0.25) is 5.43 Å². The first-order valence-corrected chi connectivity index (χ1v) is 4.07. The molecule has 16 heavy (non-hydrogen) atoms. The van der Waals surface area contributed by atoms with Crippen LogP contribution < -0.4 is 11.3 Å². The maximum absolute atomic E-state index is 12.9. The Bertz CT molecular complexity index is 505. The van der Waals surface area contributed by atoms with E-state index in [4.69, 9.17) is 5.84 Å². The minimum atomic E-state index is -1.55. The van der Waals surface area contributed by atoms with Crippen LogP contribution in [-0.2, 0) is 0 Å². The van der Waals surface area contributed by atoms with Crippen molar-refractivity contribution in [3.63, 3.8) is 0 Å². The smallest absolute Gasteiger partial charge is 0.314 e. The van der Waals surface area contributed by atoms with Crippen LogP contribution >= 0.6 is 0 Å². The molecule has 0 saturated heterocycles. The highest BCUT2D eigenvalue weighted by atomic mass is 19.2. The number of nitrogen functional groups attached to an aromatic ring is 1. The lowest BCUT2D eigenvalue weighted by molar-refractivity contribution is 0.431. The van der Waals surface area contributed by atoms with Crippen LogP contribution in [0.1, 0.15) is 0 Å². The molecule has 0 aliphatic carbocycles. The number of hydrogen-bond acceptors (Lipinski definition) is 5. The molecule has 0 unspecified atom stereocenters. The summed E-state index contributed by atoms with van der Waals surface area (Å²) >= 11 is 0. The Morgan fingerprint density at radius 2 is 1.81 bits per heavy atom. The van der Waals surface area contributed by atoms with Gasteiger partial charge in [0.1, 0.15) is 0 Å². The van der Waals surface area contributed by atoms with Crippen LogP contribution in [0.3, 0.4) is 0 Å². The van der Waals surface area contributed by atoms with Gasteiger partial charge in [0.2, 0.25) is 5.82 Å². The molecule has 0 aliphatic heterocycles. The maximum atomic E-state index is 12.9. The average Bonchev–Trinajstić information content (AvgIpc) is 2.73. The van der Waals surface area contributed by atoms with Crippen LogP contribution in [0.15, 0.2) is 16.7 Å². The number of nitrogens with two attached hydrogens (primary N) is 1. The summed E-state index contributed by atoms with van der Waals surface area (Å²) < 4.78 is 42.9. The molecule has 2 rings (SSSR count). The summed E-state index contributed by atoms with van der Waals surface area (Å²) in [5.41, 5.74) is 2.00. The summed E-state index contributed by atoms with van der Waals surface area (Å²) in [7, 11) is 0. The number of hydrazine groups is 1. The van der Waals surface area contributed by atoms with E-state index in [1.807, 2.05) is 0 Å². The third-order valence-electron chi connectivity index (χ3n) is 1.79. The van der Waals surface area contributed by atoms with Crippen molar-refractivity contribution < 1.29 is 17.7 Å². The van der Waals surface area contributed by atoms with Gasteiger partial charge >= 0.3 is 6.01 Å². The van der Waals surface area contributed by atoms with Crippen LogP contribution in [0.2, 0.25) is 0 Å².